The van der Waals surface area contributed by atoms with Gasteiger partial charge >= 0.3 is 0 Å². The summed E-state index contributed by atoms with van der Waals surface area (Å²) in [4.78, 5) is 0. The van der Waals surface area contributed by atoms with Gasteiger partial charge in [0, 0.05) is 12.0 Å². The van der Waals surface area contributed by atoms with Gasteiger partial charge in [0.1, 0.15) is 0 Å². The fourth-order valence-electron chi connectivity index (χ4n) is 1.64. The summed E-state index contributed by atoms with van der Waals surface area (Å²) in [5.41, 5.74) is 3.19. The predicted molar refractivity (Wildman–Crippen MR) is 58.6 cm³/mol. The van der Waals surface area contributed by atoms with Crippen LogP contribution in [0.3, 0.4) is 0 Å². The van der Waals surface area contributed by atoms with E-state index in [1.807, 2.05) is 25.1 Å². The molecule has 2 aromatic rings. The van der Waals surface area contributed by atoms with E-state index < -0.39 is 6.10 Å². The minimum Gasteiger partial charge on any atom is -0.472 e. The summed E-state index contributed by atoms with van der Waals surface area (Å²) >= 11 is 0. The van der Waals surface area contributed by atoms with Gasteiger partial charge in [-0.3, -0.25) is 0 Å². The van der Waals surface area contributed by atoms with E-state index in [-0.39, 0.29) is 0 Å². The molecule has 0 bridgehead atoms. The molecule has 15 heavy (non-hydrogen) atoms. The van der Waals surface area contributed by atoms with E-state index in [2.05, 4.69) is 6.07 Å². The van der Waals surface area contributed by atoms with Gasteiger partial charge in [-0.05, 0) is 18.6 Å². The van der Waals surface area contributed by atoms with Gasteiger partial charge in [-0.15, -0.1) is 0 Å². The Hall–Kier alpha value is -1.54. The van der Waals surface area contributed by atoms with Crippen LogP contribution in [0.5, 0.6) is 0 Å². The van der Waals surface area contributed by atoms with E-state index in [1.165, 1.54) is 5.56 Å². The Bertz CT molecular complexity index is 418. The molecule has 2 rings (SSSR count). The summed E-state index contributed by atoms with van der Waals surface area (Å²) in [6.45, 7) is 2.05. The molecule has 0 aliphatic rings. The molecule has 0 saturated carbocycles. The van der Waals surface area contributed by atoms with Crippen LogP contribution in [0.1, 0.15) is 22.8 Å². The van der Waals surface area contributed by atoms with Crippen LogP contribution in [-0.4, -0.2) is 5.11 Å². The van der Waals surface area contributed by atoms with Crippen LogP contribution in [0.4, 0.5) is 0 Å². The highest BCUT2D eigenvalue weighted by atomic mass is 16.3. The van der Waals surface area contributed by atoms with Crippen LogP contribution >= 0.6 is 0 Å². The number of furan rings is 1. The standard InChI is InChI=1S/C13H14O2/c1-10-3-2-4-11(7-10)8-13(14)12-5-6-15-9-12/h2-7,9,13-14H,8H2,1H3. The molecule has 78 valence electrons. The van der Waals surface area contributed by atoms with Crippen LogP contribution in [0.2, 0.25) is 0 Å². The van der Waals surface area contributed by atoms with Crippen molar-refractivity contribution < 1.29 is 9.52 Å². The van der Waals surface area contributed by atoms with Gasteiger partial charge in [-0.25, -0.2) is 0 Å². The Balaban J connectivity index is 2.09. The fraction of sp³-hybridized carbons (Fsp3) is 0.231. The Kier molecular flexibility index (Phi) is 2.88. The Morgan fingerprint density at radius 3 is 2.87 bits per heavy atom. The molecular weight excluding hydrogens is 188 g/mol. The summed E-state index contributed by atoms with van der Waals surface area (Å²) < 4.78 is 4.94. The smallest absolute Gasteiger partial charge is 0.0960 e. The Morgan fingerprint density at radius 2 is 2.20 bits per heavy atom. The van der Waals surface area contributed by atoms with Gasteiger partial charge in [0.2, 0.25) is 0 Å². The van der Waals surface area contributed by atoms with Crippen LogP contribution in [0.15, 0.2) is 47.3 Å². The molecule has 1 aromatic heterocycles. The lowest BCUT2D eigenvalue weighted by atomic mass is 10.0. The topological polar surface area (TPSA) is 33.4 Å². The maximum Gasteiger partial charge on any atom is 0.0960 e. The van der Waals surface area contributed by atoms with Crippen molar-refractivity contribution in [2.75, 3.05) is 0 Å². The molecule has 0 fully saturated rings. The van der Waals surface area contributed by atoms with E-state index >= 15 is 0 Å². The molecule has 1 unspecified atom stereocenters. The summed E-state index contributed by atoms with van der Waals surface area (Å²) in [6.07, 6.45) is 3.31. The number of hydrogen-bond acceptors (Lipinski definition) is 2. The molecule has 0 saturated heterocycles. The van der Waals surface area contributed by atoms with Crippen molar-refractivity contribution in [1.82, 2.24) is 0 Å². The first-order valence-electron chi connectivity index (χ1n) is 5.01. The monoisotopic (exact) mass is 202 g/mol. The first kappa shape index (κ1) is 9.99. The lowest BCUT2D eigenvalue weighted by Gasteiger charge is -2.08. The normalized spacial score (nSPS) is 12.7. The van der Waals surface area contributed by atoms with Gasteiger partial charge in [-0.2, -0.15) is 0 Å². The average molecular weight is 202 g/mol. The zero-order chi connectivity index (χ0) is 10.7. The van der Waals surface area contributed by atoms with Crippen molar-refractivity contribution in [2.45, 2.75) is 19.4 Å². The third-order valence-corrected chi connectivity index (χ3v) is 2.44. The van der Waals surface area contributed by atoms with Crippen molar-refractivity contribution in [3.63, 3.8) is 0 Å². The zero-order valence-electron chi connectivity index (χ0n) is 8.68. The molecule has 1 atom stereocenters. The molecular formula is C13H14O2. The third-order valence-electron chi connectivity index (χ3n) is 2.44. The van der Waals surface area contributed by atoms with E-state index in [9.17, 15) is 5.11 Å². The Labute approximate surface area is 89.2 Å². The number of aryl methyl sites for hydroxylation is 1. The Morgan fingerprint density at radius 1 is 1.33 bits per heavy atom. The maximum absolute atomic E-state index is 9.89. The molecule has 1 aromatic carbocycles. The maximum atomic E-state index is 9.89. The molecule has 2 nitrogen and oxygen atoms in total. The number of rotatable bonds is 3. The molecule has 0 spiro atoms. The van der Waals surface area contributed by atoms with Crippen LogP contribution in [-0.2, 0) is 6.42 Å². The molecule has 2 heteroatoms. The van der Waals surface area contributed by atoms with E-state index in [1.54, 1.807) is 18.6 Å². The molecule has 0 amide bonds. The summed E-state index contributed by atoms with van der Waals surface area (Å²) in [5, 5.41) is 9.89. The van der Waals surface area contributed by atoms with Gasteiger partial charge in [0.15, 0.2) is 0 Å². The van der Waals surface area contributed by atoms with Gasteiger partial charge in [-0.1, -0.05) is 29.8 Å². The minimum absolute atomic E-state index is 0.481. The van der Waals surface area contributed by atoms with Crippen molar-refractivity contribution in [3.8, 4) is 0 Å². The fourth-order valence-corrected chi connectivity index (χ4v) is 1.64. The van der Waals surface area contributed by atoms with E-state index in [0.29, 0.717) is 6.42 Å². The summed E-state index contributed by atoms with van der Waals surface area (Å²) in [6, 6.07) is 9.96. The van der Waals surface area contributed by atoms with Crippen molar-refractivity contribution >= 4 is 0 Å². The largest absolute Gasteiger partial charge is 0.472 e. The van der Waals surface area contributed by atoms with E-state index in [4.69, 9.17) is 4.42 Å². The van der Waals surface area contributed by atoms with Crippen LogP contribution in [0.25, 0.3) is 0 Å². The lowest BCUT2D eigenvalue weighted by molar-refractivity contribution is 0.177. The number of aliphatic hydroxyl groups is 1. The first-order valence-corrected chi connectivity index (χ1v) is 5.01. The second-order valence-corrected chi connectivity index (χ2v) is 3.77. The molecule has 0 aliphatic carbocycles. The number of hydrogen-bond donors (Lipinski definition) is 1. The highest BCUT2D eigenvalue weighted by Gasteiger charge is 2.09. The van der Waals surface area contributed by atoms with E-state index in [0.717, 1.165) is 11.1 Å². The second kappa shape index (κ2) is 4.32. The van der Waals surface area contributed by atoms with Gasteiger partial charge < -0.3 is 9.52 Å². The van der Waals surface area contributed by atoms with Crippen molar-refractivity contribution in [1.29, 1.82) is 0 Å². The zero-order valence-corrected chi connectivity index (χ0v) is 8.68. The van der Waals surface area contributed by atoms with Crippen molar-refractivity contribution in [2.24, 2.45) is 0 Å². The van der Waals surface area contributed by atoms with Gasteiger partial charge in [0.05, 0.1) is 18.6 Å². The minimum atomic E-state index is -0.481. The lowest BCUT2D eigenvalue weighted by Crippen LogP contribution is -2.00. The average Bonchev–Trinajstić information content (AvgIpc) is 2.70. The van der Waals surface area contributed by atoms with Crippen LogP contribution < -0.4 is 0 Å². The summed E-state index contributed by atoms with van der Waals surface area (Å²) in [5.74, 6) is 0. The molecule has 0 radical (unpaired) electrons. The number of benzene rings is 1. The van der Waals surface area contributed by atoms with Crippen molar-refractivity contribution in [3.05, 3.63) is 59.5 Å². The molecule has 1 N–H and O–H groups in total. The highest BCUT2D eigenvalue weighted by molar-refractivity contribution is 5.24. The quantitative estimate of drug-likeness (QED) is 0.830. The first-order chi connectivity index (χ1) is 7.25. The molecule has 1 heterocycles. The summed E-state index contributed by atoms with van der Waals surface area (Å²) in [7, 11) is 0. The predicted octanol–water partition coefficient (Wildman–Crippen LogP) is 2.86. The third kappa shape index (κ3) is 2.48. The number of aliphatic hydroxyl groups excluding tert-OH is 1. The highest BCUT2D eigenvalue weighted by Crippen LogP contribution is 2.18. The molecule has 0 aliphatic heterocycles. The van der Waals surface area contributed by atoms with Gasteiger partial charge in [0.25, 0.3) is 0 Å². The SMILES string of the molecule is Cc1cccc(CC(O)c2ccoc2)c1. The second-order valence-electron chi connectivity index (χ2n) is 3.77. The van der Waals surface area contributed by atoms with Crippen LogP contribution in [0, 0.1) is 6.92 Å².